The Morgan fingerprint density at radius 1 is 1.44 bits per heavy atom. The highest BCUT2D eigenvalue weighted by Gasteiger charge is 2.21. The van der Waals surface area contributed by atoms with Crippen molar-refractivity contribution in [3.8, 4) is 0 Å². The highest BCUT2D eigenvalue weighted by molar-refractivity contribution is 5.76. The molecular weight excluding hydrogens is 202 g/mol. The van der Waals surface area contributed by atoms with Gasteiger partial charge in [0.25, 0.3) is 0 Å². The SMILES string of the molecule is CCC1CCC(NC(=O)n2ccnc2)CC1. The quantitative estimate of drug-likeness (QED) is 0.833. The molecule has 1 heterocycles. The molecule has 1 aliphatic rings. The molecule has 0 saturated heterocycles. The summed E-state index contributed by atoms with van der Waals surface area (Å²) in [6.45, 7) is 2.25. The molecule has 0 radical (unpaired) electrons. The summed E-state index contributed by atoms with van der Waals surface area (Å²) in [6.07, 6.45) is 10.8. The number of hydrogen-bond acceptors (Lipinski definition) is 2. The molecular formula is C12H19N3O. The Morgan fingerprint density at radius 3 is 2.75 bits per heavy atom. The molecule has 0 atom stereocenters. The third kappa shape index (κ3) is 2.62. The van der Waals surface area contributed by atoms with Gasteiger partial charge in [-0.25, -0.2) is 9.78 Å². The Morgan fingerprint density at radius 2 is 2.19 bits per heavy atom. The number of nitrogens with zero attached hydrogens (tertiary/aromatic N) is 2. The summed E-state index contributed by atoms with van der Waals surface area (Å²) in [6, 6.07) is 0.287. The number of hydrogen-bond donors (Lipinski definition) is 1. The normalized spacial score (nSPS) is 25.3. The molecule has 16 heavy (non-hydrogen) atoms. The predicted octanol–water partition coefficient (Wildman–Crippen LogP) is 2.41. The smallest absolute Gasteiger partial charge is 0.327 e. The lowest BCUT2D eigenvalue weighted by Gasteiger charge is -2.28. The molecule has 88 valence electrons. The molecule has 1 aromatic heterocycles. The van der Waals surface area contributed by atoms with E-state index in [1.54, 1.807) is 12.4 Å². The van der Waals surface area contributed by atoms with E-state index >= 15 is 0 Å². The van der Waals surface area contributed by atoms with Gasteiger partial charge in [0.15, 0.2) is 0 Å². The number of rotatable bonds is 2. The number of carbonyl (C=O) groups is 1. The Balaban J connectivity index is 1.81. The minimum absolute atomic E-state index is 0.0579. The maximum Gasteiger partial charge on any atom is 0.327 e. The van der Waals surface area contributed by atoms with E-state index in [2.05, 4.69) is 17.2 Å². The minimum atomic E-state index is -0.0579. The number of carbonyl (C=O) groups excluding carboxylic acids is 1. The van der Waals surface area contributed by atoms with Crippen LogP contribution in [0.15, 0.2) is 18.7 Å². The van der Waals surface area contributed by atoms with Gasteiger partial charge in [0.1, 0.15) is 6.33 Å². The molecule has 1 aliphatic carbocycles. The van der Waals surface area contributed by atoms with Crippen LogP contribution in [0.5, 0.6) is 0 Å². The number of aromatic nitrogens is 2. The molecule has 1 aromatic rings. The first-order chi connectivity index (χ1) is 7.79. The zero-order chi connectivity index (χ0) is 11.4. The van der Waals surface area contributed by atoms with Crippen LogP contribution in [-0.2, 0) is 0 Å². The van der Waals surface area contributed by atoms with Crippen molar-refractivity contribution in [2.45, 2.75) is 45.1 Å². The van der Waals surface area contributed by atoms with Gasteiger partial charge in [0.2, 0.25) is 0 Å². The van der Waals surface area contributed by atoms with Crippen LogP contribution < -0.4 is 5.32 Å². The lowest BCUT2D eigenvalue weighted by molar-refractivity contribution is 0.227. The molecule has 4 nitrogen and oxygen atoms in total. The average Bonchev–Trinajstić information content (AvgIpc) is 2.83. The fourth-order valence-electron chi connectivity index (χ4n) is 2.34. The summed E-state index contributed by atoms with van der Waals surface area (Å²) < 4.78 is 1.49. The van der Waals surface area contributed by atoms with Crippen molar-refractivity contribution in [2.24, 2.45) is 5.92 Å². The van der Waals surface area contributed by atoms with E-state index in [9.17, 15) is 4.79 Å². The highest BCUT2D eigenvalue weighted by Crippen LogP contribution is 2.26. The number of nitrogens with one attached hydrogen (secondary N) is 1. The Kier molecular flexibility index (Phi) is 3.59. The summed E-state index contributed by atoms with van der Waals surface area (Å²) in [7, 11) is 0. The van der Waals surface area contributed by atoms with Crippen LogP contribution in [0.2, 0.25) is 0 Å². The Hall–Kier alpha value is -1.32. The third-order valence-electron chi connectivity index (χ3n) is 3.49. The van der Waals surface area contributed by atoms with Crippen LogP contribution in [-0.4, -0.2) is 21.6 Å². The monoisotopic (exact) mass is 221 g/mol. The van der Waals surface area contributed by atoms with Crippen LogP contribution in [0.1, 0.15) is 39.0 Å². The highest BCUT2D eigenvalue weighted by atomic mass is 16.2. The zero-order valence-corrected chi connectivity index (χ0v) is 9.72. The van der Waals surface area contributed by atoms with E-state index in [0.29, 0.717) is 6.04 Å². The second-order valence-electron chi connectivity index (χ2n) is 4.55. The van der Waals surface area contributed by atoms with Crippen molar-refractivity contribution < 1.29 is 4.79 Å². The fraction of sp³-hybridized carbons (Fsp3) is 0.667. The largest absolute Gasteiger partial charge is 0.335 e. The van der Waals surface area contributed by atoms with Gasteiger partial charge < -0.3 is 5.32 Å². The van der Waals surface area contributed by atoms with Crippen molar-refractivity contribution in [3.05, 3.63) is 18.7 Å². The Bertz CT molecular complexity index is 326. The maximum absolute atomic E-state index is 11.7. The van der Waals surface area contributed by atoms with Gasteiger partial charge in [-0.05, 0) is 31.6 Å². The molecule has 1 fully saturated rings. The van der Waals surface area contributed by atoms with Crippen molar-refractivity contribution in [2.75, 3.05) is 0 Å². The number of imidazole rings is 1. The molecule has 0 bridgehead atoms. The molecule has 1 amide bonds. The van der Waals surface area contributed by atoms with Gasteiger partial charge >= 0.3 is 6.03 Å². The van der Waals surface area contributed by atoms with Gasteiger partial charge in [0, 0.05) is 18.4 Å². The summed E-state index contributed by atoms with van der Waals surface area (Å²) >= 11 is 0. The molecule has 1 saturated carbocycles. The van der Waals surface area contributed by atoms with Crippen LogP contribution in [0.4, 0.5) is 4.79 Å². The first-order valence-electron chi connectivity index (χ1n) is 6.08. The second-order valence-corrected chi connectivity index (χ2v) is 4.55. The molecule has 0 unspecified atom stereocenters. The first-order valence-corrected chi connectivity index (χ1v) is 6.08. The van der Waals surface area contributed by atoms with Gasteiger partial charge in [-0.2, -0.15) is 0 Å². The Labute approximate surface area is 96.1 Å². The zero-order valence-electron chi connectivity index (χ0n) is 9.72. The summed E-state index contributed by atoms with van der Waals surface area (Å²) in [5.41, 5.74) is 0. The third-order valence-corrected chi connectivity index (χ3v) is 3.49. The van der Waals surface area contributed by atoms with Crippen molar-refractivity contribution in [3.63, 3.8) is 0 Å². The maximum atomic E-state index is 11.7. The first kappa shape index (κ1) is 11.2. The number of amides is 1. The van der Waals surface area contributed by atoms with Crippen molar-refractivity contribution in [1.29, 1.82) is 0 Å². The molecule has 4 heteroatoms. The molecule has 0 aliphatic heterocycles. The fourth-order valence-corrected chi connectivity index (χ4v) is 2.34. The van der Waals surface area contributed by atoms with E-state index in [1.807, 2.05) is 0 Å². The lowest BCUT2D eigenvalue weighted by Crippen LogP contribution is -2.39. The summed E-state index contributed by atoms with van der Waals surface area (Å²) in [4.78, 5) is 15.6. The predicted molar refractivity (Wildman–Crippen MR) is 62.2 cm³/mol. The average molecular weight is 221 g/mol. The topological polar surface area (TPSA) is 46.9 Å². The standard InChI is InChI=1S/C12H19N3O/c1-2-10-3-5-11(6-4-10)14-12(16)15-8-7-13-9-15/h7-11H,2-6H2,1H3,(H,14,16). The molecule has 0 aromatic carbocycles. The molecule has 0 spiro atoms. The van der Waals surface area contributed by atoms with Crippen molar-refractivity contribution >= 4 is 6.03 Å². The van der Waals surface area contributed by atoms with E-state index in [4.69, 9.17) is 0 Å². The van der Waals surface area contributed by atoms with Crippen LogP contribution in [0.3, 0.4) is 0 Å². The van der Waals surface area contributed by atoms with E-state index < -0.39 is 0 Å². The van der Waals surface area contributed by atoms with E-state index in [0.717, 1.165) is 18.8 Å². The van der Waals surface area contributed by atoms with Crippen LogP contribution in [0, 0.1) is 5.92 Å². The second kappa shape index (κ2) is 5.14. The van der Waals surface area contributed by atoms with Crippen molar-refractivity contribution in [1.82, 2.24) is 14.9 Å². The summed E-state index contributed by atoms with van der Waals surface area (Å²) in [5.74, 6) is 0.862. The van der Waals surface area contributed by atoms with Gasteiger partial charge in [0.05, 0.1) is 0 Å². The van der Waals surface area contributed by atoms with E-state index in [1.165, 1.54) is 30.2 Å². The van der Waals surface area contributed by atoms with Gasteiger partial charge in [-0.3, -0.25) is 4.57 Å². The van der Waals surface area contributed by atoms with E-state index in [-0.39, 0.29) is 6.03 Å². The van der Waals surface area contributed by atoms with Gasteiger partial charge in [-0.1, -0.05) is 13.3 Å². The molecule has 1 N–H and O–H groups in total. The van der Waals surface area contributed by atoms with Gasteiger partial charge in [-0.15, -0.1) is 0 Å². The summed E-state index contributed by atoms with van der Waals surface area (Å²) in [5, 5.41) is 3.05. The lowest BCUT2D eigenvalue weighted by atomic mass is 9.85. The van der Waals surface area contributed by atoms with Crippen LogP contribution >= 0.6 is 0 Å². The molecule has 2 rings (SSSR count). The minimum Gasteiger partial charge on any atom is -0.335 e. The van der Waals surface area contributed by atoms with Crippen LogP contribution in [0.25, 0.3) is 0 Å².